The van der Waals surface area contributed by atoms with E-state index < -0.39 is 23.8 Å². The highest BCUT2D eigenvalue weighted by atomic mass is 16.6. The molecule has 0 radical (unpaired) electrons. The Bertz CT molecular complexity index is 1250. The minimum absolute atomic E-state index is 0.0132. The van der Waals surface area contributed by atoms with Crippen molar-refractivity contribution in [3.8, 4) is 11.5 Å². The number of aliphatic carboxylic acids is 1. The predicted molar refractivity (Wildman–Crippen MR) is 139 cm³/mol. The minimum Gasteiger partial charge on any atom is -0.496 e. The molecule has 0 saturated carbocycles. The summed E-state index contributed by atoms with van der Waals surface area (Å²) in [5, 5.41) is 11.8. The Morgan fingerprint density at radius 2 is 1.87 bits per heavy atom. The summed E-state index contributed by atoms with van der Waals surface area (Å²) >= 11 is 0. The first-order chi connectivity index (χ1) is 18.1. The molecule has 1 heterocycles. The van der Waals surface area contributed by atoms with Crippen LogP contribution in [-0.4, -0.2) is 36.0 Å². The van der Waals surface area contributed by atoms with Gasteiger partial charge in [0.15, 0.2) is 5.75 Å². The highest BCUT2D eigenvalue weighted by Gasteiger charge is 2.35. The zero-order valence-electron chi connectivity index (χ0n) is 22.1. The molecule has 0 spiro atoms. The molecule has 9 heteroatoms. The van der Waals surface area contributed by atoms with E-state index in [0.29, 0.717) is 35.4 Å². The number of carbonyl (C=O) groups is 4. The second-order valence-electron chi connectivity index (χ2n) is 9.33. The predicted octanol–water partition coefficient (Wildman–Crippen LogP) is 4.28. The number of carboxylic acids is 1. The molecule has 3 rings (SSSR count). The standard InChI is InChI=1S/C29H33NO8/c1-17(11-13-24(32)33)10-12-21-26(36-4)19(3)22-16-37-29(35)25(22)27(21)38-28(34)18(2)14-23(31)30-15-20-8-6-5-7-9-20/h5-10,18H,11-16H2,1-4H3,(H,30,31)(H,32,33)/b17-10+. The number of amides is 1. The van der Waals surface area contributed by atoms with Gasteiger partial charge in [-0.05, 0) is 37.8 Å². The minimum atomic E-state index is -0.900. The van der Waals surface area contributed by atoms with Gasteiger partial charge in [-0.1, -0.05) is 48.9 Å². The van der Waals surface area contributed by atoms with Gasteiger partial charge in [0.05, 0.1) is 13.0 Å². The fourth-order valence-electron chi connectivity index (χ4n) is 4.24. The van der Waals surface area contributed by atoms with Crippen molar-refractivity contribution in [3.05, 3.63) is 69.8 Å². The number of nitrogens with one attached hydrogen (secondary N) is 1. The van der Waals surface area contributed by atoms with E-state index in [0.717, 1.165) is 11.1 Å². The Hall–Kier alpha value is -4.14. The summed E-state index contributed by atoms with van der Waals surface area (Å²) in [6.45, 7) is 5.57. The number of rotatable bonds is 12. The molecule has 2 N–H and O–H groups in total. The van der Waals surface area contributed by atoms with E-state index in [2.05, 4.69) is 5.32 Å². The van der Waals surface area contributed by atoms with Crippen molar-refractivity contribution in [2.45, 2.75) is 59.6 Å². The molecule has 1 aliphatic rings. The van der Waals surface area contributed by atoms with Gasteiger partial charge in [-0.3, -0.25) is 14.4 Å². The summed E-state index contributed by atoms with van der Waals surface area (Å²) in [4.78, 5) is 49.2. The molecule has 1 aliphatic heterocycles. The first-order valence-corrected chi connectivity index (χ1v) is 12.4. The van der Waals surface area contributed by atoms with Crippen molar-refractivity contribution < 1.29 is 38.5 Å². The molecule has 1 amide bonds. The smallest absolute Gasteiger partial charge is 0.342 e. The van der Waals surface area contributed by atoms with E-state index in [1.807, 2.05) is 43.3 Å². The third-order valence-electron chi connectivity index (χ3n) is 6.44. The monoisotopic (exact) mass is 523 g/mol. The number of methoxy groups -OCH3 is 1. The fourth-order valence-corrected chi connectivity index (χ4v) is 4.24. The molecule has 38 heavy (non-hydrogen) atoms. The summed E-state index contributed by atoms with van der Waals surface area (Å²) in [6.07, 6.45) is 2.31. The van der Waals surface area contributed by atoms with Crippen LogP contribution in [0.15, 0.2) is 42.0 Å². The topological polar surface area (TPSA) is 128 Å². The quantitative estimate of drug-likeness (QED) is 0.240. The van der Waals surface area contributed by atoms with E-state index in [1.54, 1.807) is 13.8 Å². The Morgan fingerprint density at radius 3 is 2.53 bits per heavy atom. The third-order valence-corrected chi connectivity index (χ3v) is 6.44. The molecular formula is C29H33NO8. The lowest BCUT2D eigenvalue weighted by Gasteiger charge is -2.20. The van der Waals surface area contributed by atoms with Crippen molar-refractivity contribution in [1.82, 2.24) is 5.32 Å². The van der Waals surface area contributed by atoms with Crippen LogP contribution in [0.2, 0.25) is 0 Å². The summed E-state index contributed by atoms with van der Waals surface area (Å²) < 4.78 is 16.7. The second-order valence-corrected chi connectivity index (χ2v) is 9.33. The SMILES string of the molecule is COc1c(C)c2c(c(OC(=O)C(C)CC(=O)NCc3ccccc3)c1C/C=C(\C)CCC(=O)O)C(=O)OC2. The van der Waals surface area contributed by atoms with Crippen LogP contribution in [-0.2, 0) is 38.7 Å². The highest BCUT2D eigenvalue weighted by Crippen LogP contribution is 2.43. The average Bonchev–Trinajstić information content (AvgIpc) is 3.28. The lowest BCUT2D eigenvalue weighted by molar-refractivity contribution is -0.141. The number of esters is 2. The van der Waals surface area contributed by atoms with E-state index in [1.165, 1.54) is 7.11 Å². The maximum atomic E-state index is 13.1. The van der Waals surface area contributed by atoms with Gasteiger partial charge in [-0.2, -0.15) is 0 Å². The maximum Gasteiger partial charge on any atom is 0.342 e. The van der Waals surface area contributed by atoms with Crippen molar-refractivity contribution in [1.29, 1.82) is 0 Å². The van der Waals surface area contributed by atoms with Gasteiger partial charge >= 0.3 is 17.9 Å². The van der Waals surface area contributed by atoms with E-state index in [-0.39, 0.29) is 43.1 Å². The van der Waals surface area contributed by atoms with Gasteiger partial charge < -0.3 is 24.6 Å². The van der Waals surface area contributed by atoms with E-state index >= 15 is 0 Å². The second kappa shape index (κ2) is 12.9. The number of ether oxygens (including phenoxy) is 3. The number of fused-ring (bicyclic) bond motifs is 1. The summed E-state index contributed by atoms with van der Waals surface area (Å²) in [5.41, 5.74) is 3.70. The van der Waals surface area contributed by atoms with Crippen molar-refractivity contribution in [2.75, 3.05) is 7.11 Å². The molecule has 2 aromatic rings. The molecule has 9 nitrogen and oxygen atoms in total. The number of benzene rings is 2. The van der Waals surface area contributed by atoms with Crippen molar-refractivity contribution >= 4 is 23.8 Å². The van der Waals surface area contributed by atoms with Crippen LogP contribution in [0.4, 0.5) is 0 Å². The van der Waals surface area contributed by atoms with Crippen molar-refractivity contribution in [3.63, 3.8) is 0 Å². The van der Waals surface area contributed by atoms with Gasteiger partial charge in [0.1, 0.15) is 17.9 Å². The van der Waals surface area contributed by atoms with Gasteiger partial charge in [0.25, 0.3) is 0 Å². The number of hydrogen-bond donors (Lipinski definition) is 2. The van der Waals surface area contributed by atoms with E-state index in [9.17, 15) is 19.2 Å². The molecule has 1 unspecified atom stereocenters. The van der Waals surface area contributed by atoms with Crippen LogP contribution in [0.1, 0.15) is 65.7 Å². The summed E-state index contributed by atoms with van der Waals surface area (Å²) in [7, 11) is 1.49. The fraction of sp³-hybridized carbons (Fsp3) is 0.379. The summed E-state index contributed by atoms with van der Waals surface area (Å²) in [6, 6.07) is 9.42. The van der Waals surface area contributed by atoms with Crippen LogP contribution in [0.25, 0.3) is 0 Å². The normalized spacial score (nSPS) is 13.4. The van der Waals surface area contributed by atoms with Crippen LogP contribution in [0.5, 0.6) is 11.5 Å². The van der Waals surface area contributed by atoms with Crippen molar-refractivity contribution in [2.24, 2.45) is 5.92 Å². The third kappa shape index (κ3) is 7.00. The molecule has 0 saturated heterocycles. The molecule has 0 fully saturated rings. The molecule has 202 valence electrons. The van der Waals surface area contributed by atoms with E-state index in [4.69, 9.17) is 19.3 Å². The first-order valence-electron chi connectivity index (χ1n) is 12.4. The van der Waals surface area contributed by atoms with Gasteiger partial charge in [0, 0.05) is 30.5 Å². The first kappa shape index (κ1) is 28.4. The van der Waals surface area contributed by atoms with Crippen LogP contribution >= 0.6 is 0 Å². The number of allylic oxidation sites excluding steroid dienone is 2. The number of cyclic esters (lactones) is 1. The van der Waals surface area contributed by atoms with Gasteiger partial charge in [-0.15, -0.1) is 0 Å². The van der Waals surface area contributed by atoms with Gasteiger partial charge in [-0.25, -0.2) is 4.79 Å². The molecule has 0 aliphatic carbocycles. The molecular weight excluding hydrogens is 490 g/mol. The zero-order chi connectivity index (χ0) is 27.8. The lowest BCUT2D eigenvalue weighted by Crippen LogP contribution is -2.29. The Balaban J connectivity index is 1.83. The van der Waals surface area contributed by atoms with Gasteiger partial charge in [0.2, 0.25) is 5.91 Å². The van der Waals surface area contributed by atoms with Crippen LogP contribution in [0.3, 0.4) is 0 Å². The molecule has 0 bridgehead atoms. The maximum absolute atomic E-state index is 13.1. The number of carbonyl (C=O) groups excluding carboxylic acids is 3. The largest absolute Gasteiger partial charge is 0.496 e. The van der Waals surface area contributed by atoms with Crippen LogP contribution < -0.4 is 14.8 Å². The van der Waals surface area contributed by atoms with Crippen LogP contribution in [0, 0.1) is 12.8 Å². The lowest BCUT2D eigenvalue weighted by atomic mass is 9.94. The highest BCUT2D eigenvalue weighted by molar-refractivity contribution is 5.99. The summed E-state index contributed by atoms with van der Waals surface area (Å²) in [5.74, 6) is -2.75. The number of hydrogen-bond acceptors (Lipinski definition) is 7. The average molecular weight is 524 g/mol. The Labute approximate surface area is 221 Å². The Morgan fingerprint density at radius 1 is 1.16 bits per heavy atom. The zero-order valence-corrected chi connectivity index (χ0v) is 22.1. The molecule has 2 aromatic carbocycles. The molecule has 0 aromatic heterocycles. The number of carboxylic acid groups (broad SMARTS) is 1. The Kier molecular flexibility index (Phi) is 9.65. The molecule has 1 atom stereocenters.